The third-order valence-electron chi connectivity index (χ3n) is 4.75. The molecular formula is C27H36N4O6. The van der Waals surface area contributed by atoms with Gasteiger partial charge in [-0.05, 0) is 81.6 Å². The molecule has 0 heterocycles. The fourth-order valence-electron chi connectivity index (χ4n) is 3.17. The van der Waals surface area contributed by atoms with Crippen LogP contribution in [-0.2, 0) is 9.59 Å². The van der Waals surface area contributed by atoms with Crippen molar-refractivity contribution in [3.05, 3.63) is 47.5 Å². The molecule has 0 radical (unpaired) electrons. The van der Waals surface area contributed by atoms with E-state index < -0.39 is 0 Å². The summed E-state index contributed by atoms with van der Waals surface area (Å²) in [5, 5.41) is 7.95. The highest BCUT2D eigenvalue weighted by Crippen LogP contribution is 2.28. The first kappa shape index (κ1) is 29.2. The number of hydrogen-bond donors (Lipinski definition) is 2. The standard InChI is InChI=1S/C27H36N4O6/c1-5-34-22-14-12-20(16-24(22)36-7-3)18-28-30-26(32)10-9-11-27(33)31-29-19-21-13-15-23(35-6-2)25(17-21)37-8-4/h12-19H,5-11H2,1-4H3,(H,30,32)(H,31,33)/b28-18-,29-19-. The van der Waals surface area contributed by atoms with Crippen molar-refractivity contribution in [1.29, 1.82) is 0 Å². The largest absolute Gasteiger partial charge is 0.490 e. The molecule has 2 aromatic carbocycles. The highest BCUT2D eigenvalue weighted by Gasteiger charge is 2.07. The number of carbonyl (C=O) groups excluding carboxylic acids is 2. The van der Waals surface area contributed by atoms with Crippen LogP contribution in [0, 0.1) is 0 Å². The zero-order valence-electron chi connectivity index (χ0n) is 21.9. The van der Waals surface area contributed by atoms with Crippen LogP contribution < -0.4 is 29.8 Å². The van der Waals surface area contributed by atoms with Gasteiger partial charge in [0.05, 0.1) is 38.9 Å². The Hall–Kier alpha value is -4.08. The van der Waals surface area contributed by atoms with Crippen molar-refractivity contribution >= 4 is 24.2 Å². The zero-order valence-corrected chi connectivity index (χ0v) is 21.9. The highest BCUT2D eigenvalue weighted by molar-refractivity contribution is 5.84. The molecule has 0 spiro atoms. The first-order valence-electron chi connectivity index (χ1n) is 12.4. The Kier molecular flexibility index (Phi) is 13.1. The van der Waals surface area contributed by atoms with E-state index in [0.29, 0.717) is 55.8 Å². The molecule has 37 heavy (non-hydrogen) atoms. The topological polar surface area (TPSA) is 120 Å². The van der Waals surface area contributed by atoms with Gasteiger partial charge in [-0.3, -0.25) is 9.59 Å². The summed E-state index contributed by atoms with van der Waals surface area (Å²) in [5.74, 6) is 1.96. The van der Waals surface area contributed by atoms with Gasteiger partial charge < -0.3 is 18.9 Å². The molecule has 2 N–H and O–H groups in total. The molecule has 0 atom stereocenters. The van der Waals surface area contributed by atoms with Gasteiger partial charge in [-0.15, -0.1) is 0 Å². The van der Waals surface area contributed by atoms with E-state index in [1.807, 2.05) is 39.8 Å². The second kappa shape index (κ2) is 16.6. The third kappa shape index (κ3) is 10.6. The van der Waals surface area contributed by atoms with Crippen LogP contribution in [0.5, 0.6) is 23.0 Å². The average molecular weight is 513 g/mol. The number of nitrogens with one attached hydrogen (secondary N) is 2. The number of amides is 2. The average Bonchev–Trinajstić information content (AvgIpc) is 2.87. The van der Waals surface area contributed by atoms with Crippen molar-refractivity contribution in [2.24, 2.45) is 10.2 Å². The van der Waals surface area contributed by atoms with E-state index in [-0.39, 0.29) is 24.7 Å². The van der Waals surface area contributed by atoms with E-state index in [9.17, 15) is 9.59 Å². The Balaban J connectivity index is 1.74. The lowest BCUT2D eigenvalue weighted by Gasteiger charge is -2.11. The van der Waals surface area contributed by atoms with E-state index in [1.54, 1.807) is 24.3 Å². The van der Waals surface area contributed by atoms with Gasteiger partial charge >= 0.3 is 0 Å². The molecule has 2 aromatic rings. The lowest BCUT2D eigenvalue weighted by molar-refractivity contribution is -0.122. The lowest BCUT2D eigenvalue weighted by Crippen LogP contribution is -2.20. The van der Waals surface area contributed by atoms with Crippen LogP contribution in [0.25, 0.3) is 0 Å². The Morgan fingerprint density at radius 1 is 0.649 bits per heavy atom. The second-order valence-corrected chi connectivity index (χ2v) is 7.58. The first-order chi connectivity index (χ1) is 18.0. The monoisotopic (exact) mass is 512 g/mol. The van der Waals surface area contributed by atoms with E-state index in [1.165, 1.54) is 12.4 Å². The van der Waals surface area contributed by atoms with Crippen molar-refractivity contribution in [3.8, 4) is 23.0 Å². The Bertz CT molecular complexity index is 987. The maximum atomic E-state index is 12.0. The van der Waals surface area contributed by atoms with Crippen molar-refractivity contribution in [3.63, 3.8) is 0 Å². The molecule has 0 saturated carbocycles. The maximum Gasteiger partial charge on any atom is 0.240 e. The molecule has 0 fully saturated rings. The van der Waals surface area contributed by atoms with Crippen LogP contribution in [-0.4, -0.2) is 50.7 Å². The molecule has 0 unspecified atom stereocenters. The van der Waals surface area contributed by atoms with Crippen LogP contribution in [0.15, 0.2) is 46.6 Å². The fraction of sp³-hybridized carbons (Fsp3) is 0.407. The SMILES string of the molecule is CCOc1ccc(/C=N\NC(=O)CCCC(=O)N/N=C\c2ccc(OCC)c(OCC)c2)cc1OCC. The zero-order chi connectivity index (χ0) is 26.9. The lowest BCUT2D eigenvalue weighted by atomic mass is 10.2. The van der Waals surface area contributed by atoms with E-state index in [2.05, 4.69) is 21.1 Å². The minimum atomic E-state index is -0.290. The van der Waals surface area contributed by atoms with Gasteiger partial charge in [0.15, 0.2) is 23.0 Å². The number of hydrazone groups is 2. The number of nitrogens with zero attached hydrogens (tertiary/aromatic N) is 2. The van der Waals surface area contributed by atoms with E-state index in [0.717, 1.165) is 11.1 Å². The van der Waals surface area contributed by atoms with Crippen molar-refractivity contribution in [2.45, 2.75) is 47.0 Å². The number of carbonyl (C=O) groups is 2. The van der Waals surface area contributed by atoms with Crippen molar-refractivity contribution < 1.29 is 28.5 Å². The first-order valence-corrected chi connectivity index (χ1v) is 12.4. The van der Waals surface area contributed by atoms with Gasteiger partial charge in [-0.2, -0.15) is 10.2 Å². The predicted octanol–water partition coefficient (Wildman–Crippen LogP) is 4.05. The molecule has 2 amide bonds. The van der Waals surface area contributed by atoms with E-state index >= 15 is 0 Å². The molecule has 2 rings (SSSR count). The smallest absolute Gasteiger partial charge is 0.240 e. The molecule has 0 saturated heterocycles. The van der Waals surface area contributed by atoms with Crippen molar-refractivity contribution in [2.75, 3.05) is 26.4 Å². The summed E-state index contributed by atoms with van der Waals surface area (Å²) in [4.78, 5) is 24.1. The molecule has 0 bridgehead atoms. The minimum absolute atomic E-state index is 0.151. The quantitative estimate of drug-likeness (QED) is 0.259. The third-order valence-corrected chi connectivity index (χ3v) is 4.75. The maximum absolute atomic E-state index is 12.0. The van der Waals surface area contributed by atoms with Gasteiger partial charge in [0, 0.05) is 12.8 Å². The van der Waals surface area contributed by atoms with Crippen LogP contribution in [0.2, 0.25) is 0 Å². The minimum Gasteiger partial charge on any atom is -0.490 e. The number of hydrogen-bond acceptors (Lipinski definition) is 8. The molecule has 200 valence electrons. The van der Waals surface area contributed by atoms with Gasteiger partial charge in [0.2, 0.25) is 11.8 Å². The molecule has 0 aliphatic rings. The Labute approximate surface area is 218 Å². The van der Waals surface area contributed by atoms with Gasteiger partial charge in [0.25, 0.3) is 0 Å². The summed E-state index contributed by atoms with van der Waals surface area (Å²) in [5.41, 5.74) is 6.44. The normalized spacial score (nSPS) is 10.9. The van der Waals surface area contributed by atoms with Gasteiger partial charge in [0.1, 0.15) is 0 Å². The summed E-state index contributed by atoms with van der Waals surface area (Å²) < 4.78 is 22.2. The molecule has 0 aromatic heterocycles. The summed E-state index contributed by atoms with van der Waals surface area (Å²) in [6.45, 7) is 9.67. The van der Waals surface area contributed by atoms with Crippen molar-refractivity contribution in [1.82, 2.24) is 10.9 Å². The van der Waals surface area contributed by atoms with Crippen LogP contribution in [0.1, 0.15) is 58.1 Å². The number of benzene rings is 2. The van der Waals surface area contributed by atoms with Crippen LogP contribution in [0.4, 0.5) is 0 Å². The van der Waals surface area contributed by atoms with Crippen LogP contribution >= 0.6 is 0 Å². The molecule has 10 heteroatoms. The molecule has 0 aliphatic heterocycles. The Morgan fingerprint density at radius 2 is 1.03 bits per heavy atom. The molecular weight excluding hydrogens is 476 g/mol. The Morgan fingerprint density at radius 3 is 1.41 bits per heavy atom. The molecule has 0 aliphatic carbocycles. The highest BCUT2D eigenvalue weighted by atomic mass is 16.5. The molecule has 10 nitrogen and oxygen atoms in total. The van der Waals surface area contributed by atoms with Crippen LogP contribution in [0.3, 0.4) is 0 Å². The predicted molar refractivity (Wildman–Crippen MR) is 143 cm³/mol. The second-order valence-electron chi connectivity index (χ2n) is 7.58. The number of ether oxygens (including phenoxy) is 4. The van der Waals surface area contributed by atoms with Gasteiger partial charge in [-0.1, -0.05) is 0 Å². The van der Waals surface area contributed by atoms with E-state index in [4.69, 9.17) is 18.9 Å². The summed E-state index contributed by atoms with van der Waals surface area (Å²) >= 11 is 0. The summed E-state index contributed by atoms with van der Waals surface area (Å²) in [6.07, 6.45) is 3.71. The summed E-state index contributed by atoms with van der Waals surface area (Å²) in [6, 6.07) is 10.8. The van der Waals surface area contributed by atoms with Gasteiger partial charge in [-0.25, -0.2) is 10.9 Å². The fourth-order valence-corrected chi connectivity index (χ4v) is 3.17. The summed E-state index contributed by atoms with van der Waals surface area (Å²) in [7, 11) is 0. The number of rotatable bonds is 16.